The molecule has 0 heterocycles. The molecule has 0 radical (unpaired) electrons. The van der Waals surface area contributed by atoms with Gasteiger partial charge in [-0.05, 0) is 69.1 Å². The van der Waals surface area contributed by atoms with Crippen LogP contribution in [0.25, 0.3) is 0 Å². The van der Waals surface area contributed by atoms with E-state index in [9.17, 15) is 0 Å². The lowest BCUT2D eigenvalue weighted by Gasteiger charge is -2.18. The number of rotatable bonds is 13. The lowest BCUT2D eigenvalue weighted by molar-refractivity contribution is 0.369. The van der Waals surface area contributed by atoms with Crippen molar-refractivity contribution >= 4 is 0 Å². The Morgan fingerprint density at radius 2 is 1.09 bits per heavy atom. The highest BCUT2D eigenvalue weighted by atomic mass is 14.2. The van der Waals surface area contributed by atoms with E-state index in [1.807, 2.05) is 13.8 Å². The summed E-state index contributed by atoms with van der Waals surface area (Å²) in [5, 5.41) is 0. The molecule has 32 heavy (non-hydrogen) atoms. The molecule has 0 saturated carbocycles. The normalized spacial score (nSPS) is 16.3. The highest BCUT2D eigenvalue weighted by molar-refractivity contribution is 5.15. The van der Waals surface area contributed by atoms with Crippen molar-refractivity contribution in [2.45, 2.75) is 135 Å². The van der Waals surface area contributed by atoms with E-state index in [0.29, 0.717) is 5.92 Å². The van der Waals surface area contributed by atoms with Crippen molar-refractivity contribution < 1.29 is 0 Å². The van der Waals surface area contributed by atoms with Crippen molar-refractivity contribution in [2.75, 3.05) is 0 Å². The van der Waals surface area contributed by atoms with Gasteiger partial charge >= 0.3 is 0 Å². The molecule has 0 aromatic rings. The Hall–Kier alpha value is -0.780. The molecule has 0 amide bonds. The largest absolute Gasteiger partial charge is 0.0857 e. The van der Waals surface area contributed by atoms with Crippen LogP contribution in [0, 0.1) is 35.5 Å². The van der Waals surface area contributed by atoms with E-state index in [1.54, 1.807) is 0 Å². The Morgan fingerprint density at radius 1 is 0.625 bits per heavy atom. The van der Waals surface area contributed by atoms with Gasteiger partial charge in [0, 0.05) is 0 Å². The first kappa shape index (κ1) is 35.8. The summed E-state index contributed by atoms with van der Waals surface area (Å²) in [6.07, 6.45) is 17.3. The van der Waals surface area contributed by atoms with Gasteiger partial charge in [0.25, 0.3) is 0 Å². The topological polar surface area (TPSA) is 0 Å². The molecule has 0 aliphatic heterocycles. The quantitative estimate of drug-likeness (QED) is 0.194. The Bertz CT molecular complexity index is 472. The molecule has 0 spiro atoms. The van der Waals surface area contributed by atoms with Crippen molar-refractivity contribution in [3.8, 4) is 0 Å². The molecule has 0 bridgehead atoms. The highest BCUT2D eigenvalue weighted by Gasteiger charge is 2.10. The fourth-order valence-corrected chi connectivity index (χ4v) is 3.03. The molecule has 0 aromatic heterocycles. The van der Waals surface area contributed by atoms with Gasteiger partial charge in [0.2, 0.25) is 0 Å². The molecule has 0 saturated heterocycles. The molecular weight excluding hydrogens is 384 g/mol. The molecular formula is C32H64. The van der Waals surface area contributed by atoms with Gasteiger partial charge in [-0.15, -0.1) is 0 Å². The van der Waals surface area contributed by atoms with E-state index in [1.165, 1.54) is 49.7 Å². The van der Waals surface area contributed by atoms with Crippen LogP contribution in [0.1, 0.15) is 135 Å². The second-order valence-electron chi connectivity index (χ2n) is 10.7. The lowest BCUT2D eigenvalue weighted by atomic mass is 9.87. The summed E-state index contributed by atoms with van der Waals surface area (Å²) >= 11 is 0. The number of allylic oxidation sites excluding steroid dienone is 6. The van der Waals surface area contributed by atoms with Crippen molar-refractivity contribution in [3.63, 3.8) is 0 Å². The summed E-state index contributed by atoms with van der Waals surface area (Å²) < 4.78 is 0. The second-order valence-corrected chi connectivity index (χ2v) is 10.7. The fourth-order valence-electron chi connectivity index (χ4n) is 3.03. The molecule has 0 rings (SSSR count). The standard InChI is InChI=1S/C15H30.C15H28.C2H6/c2*1-7-13(4)9-11-15(6)14(5)10-8-12(2)3;1-2/h8,10,12-15H,7,9,11H2,1-6H3;8,10,13,15H,7,9,11H2,1-6H3;1-2H3/b10-8-;14-10+;. The third-order valence-corrected chi connectivity index (χ3v) is 6.76. The van der Waals surface area contributed by atoms with Crippen LogP contribution in [0.5, 0.6) is 0 Å². The molecule has 0 fully saturated rings. The van der Waals surface area contributed by atoms with Crippen molar-refractivity contribution in [2.24, 2.45) is 35.5 Å². The first-order valence-electron chi connectivity index (χ1n) is 13.9. The van der Waals surface area contributed by atoms with Gasteiger partial charge in [-0.2, -0.15) is 0 Å². The van der Waals surface area contributed by atoms with E-state index >= 15 is 0 Å². The second kappa shape index (κ2) is 23.4. The van der Waals surface area contributed by atoms with Crippen LogP contribution in [-0.4, -0.2) is 0 Å². The van der Waals surface area contributed by atoms with Crippen LogP contribution < -0.4 is 0 Å². The number of hydrogen-bond donors (Lipinski definition) is 0. The molecule has 0 N–H and O–H groups in total. The van der Waals surface area contributed by atoms with Gasteiger partial charge in [0.15, 0.2) is 0 Å². The summed E-state index contributed by atoms with van der Waals surface area (Å²) in [7, 11) is 0. The average Bonchev–Trinajstić information content (AvgIpc) is 2.78. The Balaban J connectivity index is -0.000000487. The fraction of sp³-hybridized carbons (Fsp3) is 0.812. The maximum Gasteiger partial charge on any atom is -0.0231 e. The van der Waals surface area contributed by atoms with E-state index in [-0.39, 0.29) is 0 Å². The van der Waals surface area contributed by atoms with Gasteiger partial charge in [-0.1, -0.05) is 137 Å². The summed E-state index contributed by atoms with van der Waals surface area (Å²) in [6, 6.07) is 0. The van der Waals surface area contributed by atoms with Crippen LogP contribution in [0.15, 0.2) is 35.5 Å². The van der Waals surface area contributed by atoms with Crippen molar-refractivity contribution in [1.29, 1.82) is 0 Å². The van der Waals surface area contributed by atoms with E-state index in [0.717, 1.165) is 29.6 Å². The van der Waals surface area contributed by atoms with Crippen LogP contribution in [0.3, 0.4) is 0 Å². The predicted octanol–water partition coefficient (Wildman–Crippen LogP) is 11.7. The number of hydrogen-bond acceptors (Lipinski definition) is 0. The minimum atomic E-state index is 0.689. The van der Waals surface area contributed by atoms with Crippen molar-refractivity contribution in [3.05, 3.63) is 35.5 Å². The zero-order chi connectivity index (χ0) is 25.7. The Kier molecular flexibility index (Phi) is 26.2. The zero-order valence-electron chi connectivity index (χ0n) is 25.0. The minimum absolute atomic E-state index is 0.689. The molecule has 192 valence electrons. The average molecular weight is 449 g/mol. The van der Waals surface area contributed by atoms with Gasteiger partial charge in [-0.25, -0.2) is 0 Å². The molecule has 0 aliphatic rings. The van der Waals surface area contributed by atoms with Crippen LogP contribution in [0.4, 0.5) is 0 Å². The summed E-state index contributed by atoms with van der Waals surface area (Å²) in [5.41, 5.74) is 2.89. The van der Waals surface area contributed by atoms with Crippen LogP contribution >= 0.6 is 0 Å². The molecule has 0 nitrogen and oxygen atoms in total. The molecule has 5 unspecified atom stereocenters. The van der Waals surface area contributed by atoms with Crippen LogP contribution in [0.2, 0.25) is 0 Å². The molecule has 5 atom stereocenters. The van der Waals surface area contributed by atoms with E-state index in [4.69, 9.17) is 0 Å². The lowest BCUT2D eigenvalue weighted by Crippen LogP contribution is -2.07. The Labute approximate surface area is 206 Å². The van der Waals surface area contributed by atoms with E-state index < -0.39 is 0 Å². The van der Waals surface area contributed by atoms with Gasteiger partial charge in [-0.3, -0.25) is 0 Å². The predicted molar refractivity (Wildman–Crippen MR) is 153 cm³/mol. The van der Waals surface area contributed by atoms with Gasteiger partial charge < -0.3 is 0 Å². The smallest absolute Gasteiger partial charge is 0.0231 e. The molecule has 0 heteroatoms. The van der Waals surface area contributed by atoms with Crippen LogP contribution in [-0.2, 0) is 0 Å². The summed E-state index contributed by atoms with van der Waals surface area (Å²) in [6.45, 7) is 31.4. The van der Waals surface area contributed by atoms with Gasteiger partial charge in [0.05, 0.1) is 0 Å². The third-order valence-electron chi connectivity index (χ3n) is 6.76. The first-order valence-corrected chi connectivity index (χ1v) is 13.9. The molecule has 0 aromatic carbocycles. The first-order chi connectivity index (χ1) is 14.9. The zero-order valence-corrected chi connectivity index (χ0v) is 25.0. The molecule has 0 aliphatic carbocycles. The Morgan fingerprint density at radius 3 is 1.50 bits per heavy atom. The van der Waals surface area contributed by atoms with Gasteiger partial charge in [0.1, 0.15) is 0 Å². The summed E-state index contributed by atoms with van der Waals surface area (Å²) in [5.74, 6) is 4.76. The maximum atomic E-state index is 2.39. The maximum absolute atomic E-state index is 2.39. The minimum Gasteiger partial charge on any atom is -0.0857 e. The summed E-state index contributed by atoms with van der Waals surface area (Å²) in [4.78, 5) is 0. The monoisotopic (exact) mass is 449 g/mol. The van der Waals surface area contributed by atoms with E-state index in [2.05, 4.69) is 107 Å². The highest BCUT2D eigenvalue weighted by Crippen LogP contribution is 2.22. The van der Waals surface area contributed by atoms with Crippen molar-refractivity contribution in [1.82, 2.24) is 0 Å². The third kappa shape index (κ3) is 23.9. The SMILES string of the molecule is CC.CCC(C)CCC(C)/C(C)=C/C=C(C)C.CCC(C)CCC(C)C(C)/C=C\C(C)C.